The maximum Gasteiger partial charge on any atom is 0.293 e. The molecule has 7 heterocycles. The average Bonchev–Trinajstić information content (AvgIpc) is 1.64. The number of piperazine rings is 1. The normalized spacial score (nSPS) is 17.6. The monoisotopic (exact) mass is 1280 g/mol. The lowest BCUT2D eigenvalue weighted by atomic mass is 9.97. The molecule has 91 heavy (non-hydrogen) atoms. The number of nitrogens with zero attached hydrogens (tertiary/aromatic N) is 6. The van der Waals surface area contributed by atoms with Gasteiger partial charge in [-0.2, -0.15) is 0 Å². The third-order valence-corrected chi connectivity index (χ3v) is 19.1. The number of nitrogens with one attached hydrogen (secondary N) is 5. The Kier molecular flexibility index (Phi) is 18.9. The number of H-pyrrole nitrogens is 1. The summed E-state index contributed by atoms with van der Waals surface area (Å²) in [5.74, 6) is -1.26. The van der Waals surface area contributed by atoms with Gasteiger partial charge in [-0.3, -0.25) is 49.2 Å². The van der Waals surface area contributed by atoms with Gasteiger partial charge in [0.15, 0.2) is 0 Å². The molecule has 5 aromatic carbocycles. The lowest BCUT2D eigenvalue weighted by Gasteiger charge is -2.39. The molecule has 0 bridgehead atoms. The minimum Gasteiger partial charge on any atom is -0.493 e. The minimum atomic E-state index is -4.62. The van der Waals surface area contributed by atoms with Crippen LogP contribution in [-0.4, -0.2) is 152 Å². The Balaban J connectivity index is 0.648. The number of hydrogen-bond donors (Lipinski definition) is 5. The van der Waals surface area contributed by atoms with Gasteiger partial charge in [0.2, 0.25) is 11.8 Å². The van der Waals surface area contributed by atoms with E-state index < -0.39 is 61.1 Å². The Hall–Kier alpha value is -8.94. The first-order valence-electron chi connectivity index (χ1n) is 30.8. The summed E-state index contributed by atoms with van der Waals surface area (Å²) in [4.78, 5) is 91.8. The van der Waals surface area contributed by atoms with Crippen molar-refractivity contribution in [1.29, 1.82) is 0 Å². The van der Waals surface area contributed by atoms with Crippen LogP contribution in [0.2, 0.25) is 5.02 Å². The van der Waals surface area contributed by atoms with Crippen molar-refractivity contribution >= 4 is 84.9 Å². The number of fused-ring (bicyclic) bond motifs is 2. The van der Waals surface area contributed by atoms with Gasteiger partial charge in [-0.15, -0.1) is 0 Å². The Bertz CT molecular complexity index is 4020. The molecule has 474 valence electrons. The Morgan fingerprint density at radius 2 is 1.57 bits per heavy atom. The molecule has 5 N–H and O–H groups in total. The molecule has 23 nitrogen and oxygen atoms in total. The number of unbranched alkanes of at least 4 members (excludes halogenated alkanes) is 3. The van der Waals surface area contributed by atoms with Crippen LogP contribution in [0.1, 0.15) is 88.0 Å². The number of anilines is 3. The number of nitro groups is 1. The third kappa shape index (κ3) is 14.3. The van der Waals surface area contributed by atoms with E-state index >= 15 is 0 Å². The smallest absolute Gasteiger partial charge is 0.293 e. The van der Waals surface area contributed by atoms with Crippen molar-refractivity contribution in [3.63, 3.8) is 0 Å². The van der Waals surface area contributed by atoms with E-state index in [9.17, 15) is 42.5 Å². The molecule has 5 aliphatic heterocycles. The topological polar surface area (TPSA) is 280 Å². The molecule has 12 rings (SSSR count). The predicted molar refractivity (Wildman–Crippen MR) is 342 cm³/mol. The first-order chi connectivity index (χ1) is 44.1. The second kappa shape index (κ2) is 27.7. The lowest BCUT2D eigenvalue weighted by Crippen LogP contribution is -2.54. The van der Waals surface area contributed by atoms with E-state index in [-0.39, 0.29) is 46.9 Å². The van der Waals surface area contributed by atoms with E-state index in [2.05, 4.69) is 51.4 Å². The molecule has 4 saturated heterocycles. The van der Waals surface area contributed by atoms with Gasteiger partial charge >= 0.3 is 0 Å². The number of amides is 5. The SMILES string of the molecule is O=C1CCC(N2C(=O)c3cccc(NCCCCCCN4CC(COc5cccc(-c6ccc(Cl)cc6)c5CN5CCN(c6ccc(C(=O)NS(=O)(=O)c7ccc(NCC8CCOCC8)c([N+](=O)[O-])c7)c(Oc7cnc8[nH]ccc8c7)c6)CC5)C4)c3C2=O)C(=O)N1. The van der Waals surface area contributed by atoms with Crippen LogP contribution in [0, 0.1) is 22.0 Å². The molecule has 0 radical (unpaired) electrons. The quantitative estimate of drug-likeness (QED) is 0.0154. The number of imide groups is 2. The maximum atomic E-state index is 14.1. The maximum absolute atomic E-state index is 14.1. The summed E-state index contributed by atoms with van der Waals surface area (Å²) < 4.78 is 48.4. The third-order valence-electron chi connectivity index (χ3n) is 17.5. The van der Waals surface area contributed by atoms with E-state index in [1.807, 2.05) is 42.5 Å². The second-order valence-electron chi connectivity index (χ2n) is 23.7. The fraction of sp³-hybridized carbons (Fsp3) is 0.364. The average molecular weight is 1280 g/mol. The minimum absolute atomic E-state index is 0.0634. The van der Waals surface area contributed by atoms with Crippen LogP contribution < -0.4 is 35.0 Å². The second-order valence-corrected chi connectivity index (χ2v) is 25.8. The molecule has 1 unspecified atom stereocenters. The first kappa shape index (κ1) is 62.3. The zero-order chi connectivity index (χ0) is 63.2. The Morgan fingerprint density at radius 1 is 0.791 bits per heavy atom. The standard InChI is InChI=1S/C66H70ClN11O12S/c67-46-13-11-44(12-14-46)50-7-6-10-58(89-41-43-38-75(39-43)26-4-2-1-3-24-68-55-9-5-8-52-61(55)66(83)77(65(52)82)56-19-20-60(79)72-64(56)81)53(50)40-74-27-29-76(30-28-74)47-15-17-51(59(34-47)90-48-33-45-21-25-69-62(45)71-37-48)63(80)73-91(86,87)49-16-18-54(57(35-49)78(84)85)70-36-42-22-31-88-32-23-42/h5-18,21,25,33-35,37,42-43,56,68,70H,1-4,19-20,22-24,26-32,36,38-41H2,(H,69,71)(H,73,80)(H,72,79,81). The highest BCUT2D eigenvalue weighted by Gasteiger charge is 2.46. The lowest BCUT2D eigenvalue weighted by molar-refractivity contribution is -0.384. The van der Waals surface area contributed by atoms with Gasteiger partial charge < -0.3 is 39.6 Å². The number of carbonyl (C=O) groups is 5. The van der Waals surface area contributed by atoms with Crippen LogP contribution >= 0.6 is 11.6 Å². The number of halogens is 1. The Morgan fingerprint density at radius 3 is 2.36 bits per heavy atom. The molecule has 25 heteroatoms. The number of aromatic amines is 1. The van der Waals surface area contributed by atoms with Crippen LogP contribution in [0.4, 0.5) is 22.7 Å². The molecule has 5 aliphatic rings. The number of hydrogen-bond acceptors (Lipinski definition) is 18. The van der Waals surface area contributed by atoms with Crippen LogP contribution in [0.15, 0.2) is 126 Å². The number of ether oxygens (including phenoxy) is 3. The van der Waals surface area contributed by atoms with Crippen molar-refractivity contribution in [3.8, 4) is 28.4 Å². The number of rotatable bonds is 25. The molecule has 5 amide bonds. The van der Waals surface area contributed by atoms with Crippen molar-refractivity contribution in [3.05, 3.63) is 159 Å². The van der Waals surface area contributed by atoms with Gasteiger partial charge in [0.05, 0.1) is 39.3 Å². The fourth-order valence-electron chi connectivity index (χ4n) is 12.5. The van der Waals surface area contributed by atoms with Crippen LogP contribution in [-0.2, 0) is 30.9 Å². The van der Waals surface area contributed by atoms with E-state index in [1.54, 1.807) is 42.6 Å². The summed E-state index contributed by atoms with van der Waals surface area (Å²) in [6.45, 7) is 8.88. The molecule has 1 atom stereocenters. The van der Waals surface area contributed by atoms with Gasteiger partial charge in [-0.1, -0.05) is 54.8 Å². The summed E-state index contributed by atoms with van der Waals surface area (Å²) in [5, 5.41) is 22.3. The zero-order valence-electron chi connectivity index (χ0n) is 50.0. The van der Waals surface area contributed by atoms with Crippen molar-refractivity contribution in [2.75, 3.05) is 94.3 Å². The van der Waals surface area contributed by atoms with E-state index in [4.69, 9.17) is 25.8 Å². The van der Waals surface area contributed by atoms with Gasteiger partial charge in [0, 0.05) is 130 Å². The highest BCUT2D eigenvalue weighted by molar-refractivity contribution is 7.90. The van der Waals surface area contributed by atoms with Crippen LogP contribution in [0.25, 0.3) is 22.2 Å². The van der Waals surface area contributed by atoms with Crippen molar-refractivity contribution in [1.82, 2.24) is 34.7 Å². The predicted octanol–water partition coefficient (Wildman–Crippen LogP) is 9.25. The van der Waals surface area contributed by atoms with E-state index in [0.717, 1.165) is 103 Å². The van der Waals surface area contributed by atoms with Gasteiger partial charge in [0.1, 0.15) is 34.6 Å². The number of piperidine rings is 1. The van der Waals surface area contributed by atoms with Crippen molar-refractivity contribution < 1.29 is 51.5 Å². The molecule has 2 aromatic heterocycles. The number of sulfonamides is 1. The van der Waals surface area contributed by atoms with Crippen LogP contribution in [0.5, 0.6) is 17.2 Å². The number of carbonyl (C=O) groups excluding carboxylic acids is 5. The van der Waals surface area contributed by atoms with Crippen molar-refractivity contribution in [2.45, 2.75) is 68.8 Å². The largest absolute Gasteiger partial charge is 0.493 e. The molecule has 4 fully saturated rings. The molecule has 0 aliphatic carbocycles. The molecular formula is C66H70ClN11O12S. The summed E-state index contributed by atoms with van der Waals surface area (Å²) >= 11 is 6.37. The van der Waals surface area contributed by atoms with Crippen LogP contribution in [0.3, 0.4) is 0 Å². The van der Waals surface area contributed by atoms with E-state index in [0.29, 0.717) is 93.7 Å². The zero-order valence-corrected chi connectivity index (χ0v) is 51.6. The van der Waals surface area contributed by atoms with E-state index in [1.165, 1.54) is 24.4 Å². The highest BCUT2D eigenvalue weighted by Crippen LogP contribution is 2.38. The summed E-state index contributed by atoms with van der Waals surface area (Å²) in [6.07, 6.45) is 8.95. The summed E-state index contributed by atoms with van der Waals surface area (Å²) in [5.41, 5.74) is 5.24. The number of benzene rings is 5. The van der Waals surface area contributed by atoms with Gasteiger partial charge in [-0.05, 0) is 122 Å². The Labute approximate surface area is 530 Å². The first-order valence-corrected chi connectivity index (χ1v) is 32.7. The molecule has 7 aromatic rings. The highest BCUT2D eigenvalue weighted by atomic mass is 35.5. The molecular weight excluding hydrogens is 1210 g/mol. The number of likely N-dealkylation sites (tertiary alicyclic amines) is 1. The van der Waals surface area contributed by atoms with Gasteiger partial charge in [-0.25, -0.2) is 18.1 Å². The number of aromatic nitrogens is 2. The fourth-order valence-corrected chi connectivity index (χ4v) is 13.6. The summed E-state index contributed by atoms with van der Waals surface area (Å²) in [6, 6.07) is 30.2. The summed E-state index contributed by atoms with van der Waals surface area (Å²) in [7, 11) is -4.62. The number of nitro benzene ring substituents is 1. The van der Waals surface area contributed by atoms with Gasteiger partial charge in [0.25, 0.3) is 33.4 Å². The molecule has 0 spiro atoms. The molecule has 0 saturated carbocycles. The van der Waals surface area contributed by atoms with Crippen molar-refractivity contribution in [2.24, 2.45) is 11.8 Å². The number of pyridine rings is 1.